The van der Waals surface area contributed by atoms with Gasteiger partial charge in [0.2, 0.25) is 5.91 Å². The highest BCUT2D eigenvalue weighted by Gasteiger charge is 2.48. The summed E-state index contributed by atoms with van der Waals surface area (Å²) in [7, 11) is -3.52. The fourth-order valence-corrected chi connectivity index (χ4v) is 4.79. The third-order valence-electron chi connectivity index (χ3n) is 3.94. The first-order chi connectivity index (χ1) is 10.3. The Morgan fingerprint density at radius 2 is 1.96 bits per heavy atom. The van der Waals surface area contributed by atoms with Crippen LogP contribution in [-0.2, 0) is 14.6 Å². The van der Waals surface area contributed by atoms with Crippen LogP contribution in [0.1, 0.15) is 12.8 Å². The van der Waals surface area contributed by atoms with Crippen molar-refractivity contribution in [3.05, 3.63) is 23.2 Å². The van der Waals surface area contributed by atoms with E-state index in [2.05, 4.69) is 10.6 Å². The zero-order valence-corrected chi connectivity index (χ0v) is 16.1. The highest BCUT2D eigenvalue weighted by molar-refractivity contribution is 7.98. The SMILES string of the molecule is CSc1ccc(NC(=O)C2(S(C)(=O)=O)CCNCC2)cc1Cl.Cl. The molecule has 0 atom stereocenters. The zero-order chi connectivity index (χ0) is 16.4. The fraction of sp³-hybridized carbons (Fsp3) is 0.500. The summed E-state index contributed by atoms with van der Waals surface area (Å²) < 4.78 is 23.0. The number of hydrogen-bond donors (Lipinski definition) is 2. The fourth-order valence-electron chi connectivity index (χ4n) is 2.59. The van der Waals surface area contributed by atoms with E-state index >= 15 is 0 Å². The first kappa shape index (κ1) is 20.6. The minimum atomic E-state index is -3.52. The topological polar surface area (TPSA) is 75.3 Å². The lowest BCUT2D eigenvalue weighted by Crippen LogP contribution is -2.55. The lowest BCUT2D eigenvalue weighted by atomic mass is 9.95. The predicted molar refractivity (Wildman–Crippen MR) is 98.8 cm³/mol. The van der Waals surface area contributed by atoms with E-state index in [0.29, 0.717) is 23.8 Å². The summed E-state index contributed by atoms with van der Waals surface area (Å²) in [4.78, 5) is 13.5. The Morgan fingerprint density at radius 1 is 1.35 bits per heavy atom. The lowest BCUT2D eigenvalue weighted by molar-refractivity contribution is -0.119. The van der Waals surface area contributed by atoms with E-state index in [0.717, 1.165) is 11.2 Å². The lowest BCUT2D eigenvalue weighted by Gasteiger charge is -2.34. The van der Waals surface area contributed by atoms with Crippen molar-refractivity contribution in [1.82, 2.24) is 5.32 Å². The first-order valence-corrected chi connectivity index (χ1v) is 10.3. The van der Waals surface area contributed by atoms with Gasteiger partial charge in [0.25, 0.3) is 0 Å². The second-order valence-corrected chi connectivity index (χ2v) is 8.90. The van der Waals surface area contributed by atoms with Gasteiger partial charge in [0.1, 0.15) is 0 Å². The maximum absolute atomic E-state index is 12.6. The monoisotopic (exact) mass is 398 g/mol. The van der Waals surface area contributed by atoms with Gasteiger partial charge in [-0.2, -0.15) is 0 Å². The number of halogens is 2. The van der Waals surface area contributed by atoms with Crippen LogP contribution in [0.5, 0.6) is 0 Å². The number of carbonyl (C=O) groups excluding carboxylic acids is 1. The molecular formula is C14H20Cl2N2O3S2. The molecular weight excluding hydrogens is 379 g/mol. The van der Waals surface area contributed by atoms with Gasteiger partial charge in [-0.1, -0.05) is 11.6 Å². The highest BCUT2D eigenvalue weighted by Crippen LogP contribution is 2.31. The van der Waals surface area contributed by atoms with Gasteiger partial charge in [-0.3, -0.25) is 4.79 Å². The van der Waals surface area contributed by atoms with Gasteiger partial charge < -0.3 is 10.6 Å². The summed E-state index contributed by atoms with van der Waals surface area (Å²) in [5.41, 5.74) is 0.509. The molecule has 1 aliphatic heterocycles. The molecule has 0 radical (unpaired) electrons. The van der Waals surface area contributed by atoms with Crippen LogP contribution >= 0.6 is 35.8 Å². The highest BCUT2D eigenvalue weighted by atomic mass is 35.5. The summed E-state index contributed by atoms with van der Waals surface area (Å²) in [6.07, 6.45) is 3.58. The third kappa shape index (κ3) is 4.33. The van der Waals surface area contributed by atoms with Gasteiger partial charge in [-0.05, 0) is 50.4 Å². The molecule has 9 heteroatoms. The number of hydrogen-bond acceptors (Lipinski definition) is 5. The number of rotatable bonds is 4. The molecule has 1 aliphatic rings. The molecule has 1 aromatic carbocycles. The third-order valence-corrected chi connectivity index (χ3v) is 7.18. The number of thioether (sulfide) groups is 1. The summed E-state index contributed by atoms with van der Waals surface area (Å²) in [5.74, 6) is -0.482. The van der Waals surface area contributed by atoms with Crippen molar-refractivity contribution in [3.63, 3.8) is 0 Å². The molecule has 0 bridgehead atoms. The van der Waals surface area contributed by atoms with Gasteiger partial charge in [0.05, 0.1) is 5.02 Å². The van der Waals surface area contributed by atoms with Crippen molar-refractivity contribution in [2.45, 2.75) is 22.5 Å². The van der Waals surface area contributed by atoms with Crippen LogP contribution in [0.3, 0.4) is 0 Å². The number of nitrogens with one attached hydrogen (secondary N) is 2. The second kappa shape index (κ2) is 8.07. The molecule has 0 aromatic heterocycles. The van der Waals surface area contributed by atoms with E-state index in [9.17, 15) is 13.2 Å². The minimum Gasteiger partial charge on any atom is -0.325 e. The molecule has 23 heavy (non-hydrogen) atoms. The Bertz CT molecular complexity index is 675. The molecule has 2 N–H and O–H groups in total. The summed E-state index contributed by atoms with van der Waals surface area (Å²) in [6.45, 7) is 1.01. The van der Waals surface area contributed by atoms with Crippen molar-refractivity contribution < 1.29 is 13.2 Å². The summed E-state index contributed by atoms with van der Waals surface area (Å²) >= 11 is 7.63. The van der Waals surface area contributed by atoms with Gasteiger partial charge in [-0.25, -0.2) is 8.42 Å². The standard InChI is InChI=1S/C14H19ClN2O3S2.ClH/c1-21-12-4-3-10(9-11(12)15)17-13(18)14(22(2,19)20)5-7-16-8-6-14;/h3-4,9,16H,5-8H2,1-2H3,(H,17,18);1H. The number of anilines is 1. The zero-order valence-electron chi connectivity index (χ0n) is 12.9. The summed E-state index contributed by atoms with van der Waals surface area (Å²) in [6, 6.07) is 5.17. The number of benzene rings is 1. The van der Waals surface area contributed by atoms with Crippen molar-refractivity contribution in [2.24, 2.45) is 0 Å². The first-order valence-electron chi connectivity index (χ1n) is 6.85. The van der Waals surface area contributed by atoms with Crippen molar-refractivity contribution in [1.29, 1.82) is 0 Å². The molecule has 1 amide bonds. The number of amides is 1. The Kier molecular flexibility index (Phi) is 7.22. The van der Waals surface area contributed by atoms with Crippen LogP contribution in [0.2, 0.25) is 5.02 Å². The quantitative estimate of drug-likeness (QED) is 0.762. The summed E-state index contributed by atoms with van der Waals surface area (Å²) in [5, 5.41) is 6.33. The molecule has 0 aliphatic carbocycles. The Balaban J connectivity index is 0.00000264. The van der Waals surface area contributed by atoms with E-state index in [-0.39, 0.29) is 25.2 Å². The second-order valence-electron chi connectivity index (χ2n) is 5.32. The van der Waals surface area contributed by atoms with E-state index in [1.807, 2.05) is 6.26 Å². The van der Waals surface area contributed by atoms with Gasteiger partial charge in [0.15, 0.2) is 14.6 Å². The largest absolute Gasteiger partial charge is 0.325 e. The molecule has 1 saturated heterocycles. The van der Waals surface area contributed by atoms with Gasteiger partial charge >= 0.3 is 0 Å². The molecule has 1 heterocycles. The Hall–Kier alpha value is -0.470. The number of carbonyl (C=O) groups is 1. The van der Waals surface area contributed by atoms with Crippen molar-refractivity contribution in [3.8, 4) is 0 Å². The van der Waals surface area contributed by atoms with E-state index in [4.69, 9.17) is 11.6 Å². The minimum absolute atomic E-state index is 0. The van der Waals surface area contributed by atoms with E-state index in [1.165, 1.54) is 11.8 Å². The molecule has 130 valence electrons. The average molecular weight is 399 g/mol. The smallest absolute Gasteiger partial charge is 0.245 e. The molecule has 0 spiro atoms. The van der Waals surface area contributed by atoms with E-state index in [1.54, 1.807) is 18.2 Å². The van der Waals surface area contributed by atoms with Crippen molar-refractivity contribution >= 4 is 57.2 Å². The van der Waals surface area contributed by atoms with E-state index < -0.39 is 20.5 Å². The predicted octanol–water partition coefficient (Wildman–Crippen LogP) is 2.59. The number of sulfone groups is 1. The van der Waals surface area contributed by atoms with Gasteiger partial charge in [0, 0.05) is 16.8 Å². The van der Waals surface area contributed by atoms with Crippen LogP contribution in [-0.4, -0.2) is 44.7 Å². The van der Waals surface area contributed by atoms with Crippen molar-refractivity contribution in [2.75, 3.05) is 30.9 Å². The molecule has 1 fully saturated rings. The van der Waals surface area contributed by atoms with Crippen LogP contribution < -0.4 is 10.6 Å². The Labute approximate surface area is 152 Å². The molecule has 1 aromatic rings. The molecule has 2 rings (SSSR count). The molecule has 5 nitrogen and oxygen atoms in total. The normalized spacial score (nSPS) is 17.2. The maximum atomic E-state index is 12.6. The van der Waals surface area contributed by atoms with Crippen LogP contribution in [0, 0.1) is 0 Å². The molecule has 0 unspecified atom stereocenters. The Morgan fingerprint density at radius 3 is 2.43 bits per heavy atom. The van der Waals surface area contributed by atoms with Gasteiger partial charge in [-0.15, -0.1) is 24.2 Å². The molecule has 0 saturated carbocycles. The van der Waals surface area contributed by atoms with Crippen LogP contribution in [0.15, 0.2) is 23.1 Å². The maximum Gasteiger partial charge on any atom is 0.245 e. The number of piperidine rings is 1. The average Bonchev–Trinajstić information content (AvgIpc) is 2.47. The van der Waals surface area contributed by atoms with Crippen LogP contribution in [0.4, 0.5) is 5.69 Å². The van der Waals surface area contributed by atoms with Crippen LogP contribution in [0.25, 0.3) is 0 Å².